The van der Waals surface area contributed by atoms with Gasteiger partial charge in [0.1, 0.15) is 5.82 Å². The van der Waals surface area contributed by atoms with E-state index in [0.717, 1.165) is 30.8 Å². The Morgan fingerprint density at radius 2 is 2.16 bits per heavy atom. The van der Waals surface area contributed by atoms with E-state index in [1.165, 1.54) is 0 Å². The van der Waals surface area contributed by atoms with Gasteiger partial charge in [-0.3, -0.25) is 4.79 Å². The Labute approximate surface area is 113 Å². The van der Waals surface area contributed by atoms with Crippen LogP contribution >= 0.6 is 0 Å². The first-order chi connectivity index (χ1) is 9.20. The first kappa shape index (κ1) is 13.6. The second-order valence-corrected chi connectivity index (χ2v) is 4.75. The summed E-state index contributed by atoms with van der Waals surface area (Å²) in [6.45, 7) is 6.04. The van der Waals surface area contributed by atoms with Gasteiger partial charge in [0, 0.05) is 37.3 Å². The standard InChI is InChI=1S/C13H21N5O/c1-3-14-13-17-8-9(2)11(18-13)15-6-7-16-12(19)10-4-5-10/h8,10H,3-7H2,1-2H3,(H,16,19)(H2,14,15,17,18). The summed E-state index contributed by atoms with van der Waals surface area (Å²) < 4.78 is 0. The molecule has 6 nitrogen and oxygen atoms in total. The van der Waals surface area contributed by atoms with Crippen molar-refractivity contribution in [2.24, 2.45) is 5.92 Å². The third-order valence-corrected chi connectivity index (χ3v) is 2.97. The van der Waals surface area contributed by atoms with E-state index >= 15 is 0 Å². The number of hydrogen-bond acceptors (Lipinski definition) is 5. The zero-order valence-corrected chi connectivity index (χ0v) is 11.5. The van der Waals surface area contributed by atoms with Crippen LogP contribution in [0.4, 0.5) is 11.8 Å². The lowest BCUT2D eigenvalue weighted by Gasteiger charge is -2.10. The number of aromatic nitrogens is 2. The van der Waals surface area contributed by atoms with E-state index in [-0.39, 0.29) is 11.8 Å². The van der Waals surface area contributed by atoms with Crippen molar-refractivity contribution >= 4 is 17.7 Å². The number of amides is 1. The van der Waals surface area contributed by atoms with Crippen molar-refractivity contribution in [2.45, 2.75) is 26.7 Å². The maximum absolute atomic E-state index is 11.4. The number of anilines is 2. The van der Waals surface area contributed by atoms with Gasteiger partial charge in [-0.2, -0.15) is 4.98 Å². The first-order valence-electron chi connectivity index (χ1n) is 6.79. The third-order valence-electron chi connectivity index (χ3n) is 2.97. The van der Waals surface area contributed by atoms with Gasteiger partial charge in [-0.15, -0.1) is 0 Å². The molecule has 0 unspecified atom stereocenters. The second kappa shape index (κ2) is 6.36. The van der Waals surface area contributed by atoms with E-state index in [1.54, 1.807) is 6.20 Å². The highest BCUT2D eigenvalue weighted by molar-refractivity contribution is 5.80. The zero-order chi connectivity index (χ0) is 13.7. The maximum Gasteiger partial charge on any atom is 0.224 e. The minimum atomic E-state index is 0.176. The minimum absolute atomic E-state index is 0.176. The predicted octanol–water partition coefficient (Wildman–Crippen LogP) is 1.15. The Kier molecular flexibility index (Phi) is 4.54. The average Bonchev–Trinajstić information content (AvgIpc) is 3.22. The molecule has 6 heteroatoms. The van der Waals surface area contributed by atoms with Crippen molar-refractivity contribution in [2.75, 3.05) is 30.3 Å². The Hall–Kier alpha value is -1.85. The number of carbonyl (C=O) groups is 1. The quantitative estimate of drug-likeness (QED) is 0.643. The number of nitrogens with zero attached hydrogens (tertiary/aromatic N) is 2. The van der Waals surface area contributed by atoms with Gasteiger partial charge in [0.25, 0.3) is 0 Å². The molecule has 1 aromatic heterocycles. The molecular formula is C13H21N5O. The molecule has 2 rings (SSSR count). The van der Waals surface area contributed by atoms with Crippen LogP contribution in [0.3, 0.4) is 0 Å². The lowest BCUT2D eigenvalue weighted by molar-refractivity contribution is -0.122. The highest BCUT2D eigenvalue weighted by atomic mass is 16.2. The van der Waals surface area contributed by atoms with Crippen molar-refractivity contribution in [3.05, 3.63) is 11.8 Å². The normalized spacial score (nSPS) is 14.0. The topological polar surface area (TPSA) is 78.9 Å². The largest absolute Gasteiger partial charge is 0.368 e. The fourth-order valence-corrected chi connectivity index (χ4v) is 1.72. The smallest absolute Gasteiger partial charge is 0.224 e. The van der Waals surface area contributed by atoms with Crippen LogP contribution < -0.4 is 16.0 Å². The molecule has 0 aromatic carbocycles. The molecule has 104 valence electrons. The van der Waals surface area contributed by atoms with E-state index in [1.807, 2.05) is 13.8 Å². The van der Waals surface area contributed by atoms with Gasteiger partial charge < -0.3 is 16.0 Å². The maximum atomic E-state index is 11.4. The predicted molar refractivity (Wildman–Crippen MR) is 75.2 cm³/mol. The summed E-state index contributed by atoms with van der Waals surface area (Å²) in [5.74, 6) is 1.87. The molecule has 19 heavy (non-hydrogen) atoms. The van der Waals surface area contributed by atoms with Gasteiger partial charge in [0.05, 0.1) is 0 Å². The van der Waals surface area contributed by atoms with Gasteiger partial charge >= 0.3 is 0 Å². The molecule has 1 heterocycles. The Bertz CT molecular complexity index is 445. The van der Waals surface area contributed by atoms with E-state index < -0.39 is 0 Å². The molecule has 0 radical (unpaired) electrons. The fraction of sp³-hybridized carbons (Fsp3) is 0.615. The summed E-state index contributed by atoms with van der Waals surface area (Å²) in [4.78, 5) is 20.0. The van der Waals surface area contributed by atoms with Crippen molar-refractivity contribution in [3.63, 3.8) is 0 Å². The summed E-state index contributed by atoms with van der Waals surface area (Å²) >= 11 is 0. The van der Waals surface area contributed by atoms with Crippen molar-refractivity contribution in [1.82, 2.24) is 15.3 Å². The molecule has 0 spiro atoms. The van der Waals surface area contributed by atoms with Crippen molar-refractivity contribution in [1.29, 1.82) is 0 Å². The molecule has 0 bridgehead atoms. The second-order valence-electron chi connectivity index (χ2n) is 4.75. The molecule has 1 aromatic rings. The van der Waals surface area contributed by atoms with Crippen LogP contribution in [0.2, 0.25) is 0 Å². The number of nitrogens with one attached hydrogen (secondary N) is 3. The molecule has 0 saturated heterocycles. The van der Waals surface area contributed by atoms with E-state index in [2.05, 4.69) is 25.9 Å². The van der Waals surface area contributed by atoms with Gasteiger partial charge in [-0.1, -0.05) is 0 Å². The highest BCUT2D eigenvalue weighted by Gasteiger charge is 2.28. The Morgan fingerprint density at radius 3 is 2.84 bits per heavy atom. The van der Waals surface area contributed by atoms with Gasteiger partial charge in [0.15, 0.2) is 0 Å². The highest BCUT2D eigenvalue weighted by Crippen LogP contribution is 2.28. The summed E-state index contributed by atoms with van der Waals surface area (Å²) in [6.07, 6.45) is 3.86. The lowest BCUT2D eigenvalue weighted by atomic mass is 10.3. The lowest BCUT2D eigenvalue weighted by Crippen LogP contribution is -2.30. The molecule has 1 aliphatic rings. The monoisotopic (exact) mass is 263 g/mol. The van der Waals surface area contributed by atoms with Crippen LogP contribution in [0.25, 0.3) is 0 Å². The van der Waals surface area contributed by atoms with Crippen molar-refractivity contribution in [3.8, 4) is 0 Å². The average molecular weight is 263 g/mol. The van der Waals surface area contributed by atoms with Crippen LogP contribution in [0, 0.1) is 12.8 Å². The molecule has 3 N–H and O–H groups in total. The fourth-order valence-electron chi connectivity index (χ4n) is 1.72. The number of rotatable bonds is 7. The van der Waals surface area contributed by atoms with Gasteiger partial charge in [-0.25, -0.2) is 4.98 Å². The van der Waals surface area contributed by atoms with Crippen LogP contribution in [-0.2, 0) is 4.79 Å². The number of hydrogen-bond donors (Lipinski definition) is 3. The molecule has 1 amide bonds. The van der Waals surface area contributed by atoms with E-state index in [0.29, 0.717) is 19.0 Å². The molecule has 1 aliphatic carbocycles. The molecule has 0 atom stereocenters. The molecular weight excluding hydrogens is 242 g/mol. The van der Waals surface area contributed by atoms with Gasteiger partial charge in [-0.05, 0) is 26.7 Å². The summed E-state index contributed by atoms with van der Waals surface area (Å²) in [6, 6.07) is 0. The molecule has 0 aliphatic heterocycles. The Balaban J connectivity index is 1.77. The van der Waals surface area contributed by atoms with E-state index in [4.69, 9.17) is 0 Å². The molecule has 1 fully saturated rings. The number of aryl methyl sites for hydroxylation is 1. The van der Waals surface area contributed by atoms with Crippen LogP contribution in [0.5, 0.6) is 0 Å². The van der Waals surface area contributed by atoms with Gasteiger partial charge in [0.2, 0.25) is 11.9 Å². The Morgan fingerprint density at radius 1 is 1.37 bits per heavy atom. The summed E-state index contributed by atoms with van der Waals surface area (Å²) in [5.41, 5.74) is 0.996. The third kappa shape index (κ3) is 4.08. The van der Waals surface area contributed by atoms with Crippen LogP contribution in [0.15, 0.2) is 6.20 Å². The van der Waals surface area contributed by atoms with Crippen molar-refractivity contribution < 1.29 is 4.79 Å². The summed E-state index contributed by atoms with van der Waals surface area (Å²) in [5, 5.41) is 9.21. The zero-order valence-electron chi connectivity index (χ0n) is 11.5. The first-order valence-corrected chi connectivity index (χ1v) is 6.79. The number of carbonyl (C=O) groups excluding carboxylic acids is 1. The summed E-state index contributed by atoms with van der Waals surface area (Å²) in [7, 11) is 0. The SMILES string of the molecule is CCNc1ncc(C)c(NCCNC(=O)C2CC2)n1. The van der Waals surface area contributed by atoms with Crippen LogP contribution in [-0.4, -0.2) is 35.5 Å². The van der Waals surface area contributed by atoms with Crippen LogP contribution in [0.1, 0.15) is 25.3 Å². The minimum Gasteiger partial charge on any atom is -0.368 e. The molecule has 1 saturated carbocycles. The van der Waals surface area contributed by atoms with E-state index in [9.17, 15) is 4.79 Å².